The zero-order chi connectivity index (χ0) is 23.3. The average Bonchev–Trinajstić information content (AvgIpc) is 3.10. The number of rotatable bonds is 6. The van der Waals surface area contributed by atoms with Crippen LogP contribution in [0.4, 0.5) is 18.9 Å². The highest BCUT2D eigenvalue weighted by Crippen LogP contribution is 2.64. The lowest BCUT2D eigenvalue weighted by atomic mass is 9.83. The molecule has 3 aromatic rings. The maximum atomic E-state index is 15.2. The normalized spacial score (nSPS) is 23.5. The molecule has 33 heavy (non-hydrogen) atoms. The molecule has 1 saturated carbocycles. The molecule has 1 saturated heterocycles. The molecule has 2 fully saturated rings. The Labute approximate surface area is 198 Å². The van der Waals surface area contributed by atoms with Gasteiger partial charge in [-0.3, -0.25) is 4.79 Å². The zero-order valence-electron chi connectivity index (χ0n) is 18.1. The summed E-state index contributed by atoms with van der Waals surface area (Å²) in [6.07, 6.45) is -0.181. The molecule has 1 aliphatic carbocycles. The average molecular weight is 492 g/mol. The summed E-state index contributed by atoms with van der Waals surface area (Å²) in [5.74, 6) is -2.92. The molecule has 1 unspecified atom stereocenters. The number of halogens is 3. The molecule has 1 atom stereocenters. The van der Waals surface area contributed by atoms with Crippen molar-refractivity contribution in [2.75, 3.05) is 17.8 Å². The molecular formula is C24H24F3N3OS2. The van der Waals surface area contributed by atoms with E-state index in [-0.39, 0.29) is 44.7 Å². The quantitative estimate of drug-likeness (QED) is 0.386. The Bertz CT molecular complexity index is 1180. The van der Waals surface area contributed by atoms with Gasteiger partial charge < -0.3 is 9.62 Å². The monoisotopic (exact) mass is 491 g/mol. The van der Waals surface area contributed by atoms with Crippen LogP contribution in [0.25, 0.3) is 10.2 Å². The summed E-state index contributed by atoms with van der Waals surface area (Å²) in [5.41, 5.74) is 1.30. The van der Waals surface area contributed by atoms with Crippen LogP contribution < -0.4 is 4.72 Å². The van der Waals surface area contributed by atoms with Crippen molar-refractivity contribution in [3.05, 3.63) is 53.5 Å². The highest BCUT2D eigenvalue weighted by atomic mass is 32.2. The number of piperidine rings is 1. The number of fused-ring (bicyclic) bond motifs is 1. The fraction of sp³-hybridized carbons (Fsp3) is 0.417. The Hall–Kier alpha value is -2.26. The zero-order valence-corrected chi connectivity index (χ0v) is 19.7. The molecule has 2 aliphatic rings. The molecule has 2 aromatic carbocycles. The predicted molar refractivity (Wildman–Crippen MR) is 127 cm³/mol. The van der Waals surface area contributed by atoms with Gasteiger partial charge in [-0.2, -0.15) is 0 Å². The highest BCUT2D eigenvalue weighted by Gasteiger charge is 2.69. The summed E-state index contributed by atoms with van der Waals surface area (Å²) in [6.45, 7) is 1.94. The second kappa shape index (κ2) is 8.20. The van der Waals surface area contributed by atoms with Gasteiger partial charge in [0.1, 0.15) is 5.67 Å². The van der Waals surface area contributed by atoms with Crippen LogP contribution in [0, 0.1) is 5.41 Å². The van der Waals surface area contributed by atoms with Gasteiger partial charge in [-0.1, -0.05) is 13.0 Å². The van der Waals surface area contributed by atoms with E-state index < -0.39 is 17.0 Å². The predicted octanol–water partition coefficient (Wildman–Crippen LogP) is 6.80. The minimum atomic E-state index is -2.76. The Kier molecular flexibility index (Phi) is 5.60. The second-order valence-electron chi connectivity index (χ2n) is 9.30. The van der Waals surface area contributed by atoms with E-state index in [1.807, 2.05) is 35.8 Å². The third kappa shape index (κ3) is 4.45. The number of anilines is 1. The van der Waals surface area contributed by atoms with Crippen molar-refractivity contribution in [2.24, 2.45) is 5.41 Å². The van der Waals surface area contributed by atoms with Crippen molar-refractivity contribution in [1.82, 2.24) is 9.88 Å². The molecule has 1 amide bonds. The standard InChI is InChI=1S/C24H24F3N3OS2/c1-22(14-24(22,26)27)13-23(25)9-11-30(12-10-23)21(31)16-5-7-17(8-6-16)29-33-19-4-2-3-18-20(19)28-15-32-18/h2-8,15,29H,9-14H2,1H3. The van der Waals surface area contributed by atoms with Gasteiger partial charge in [-0.25, -0.2) is 18.2 Å². The van der Waals surface area contributed by atoms with Gasteiger partial charge in [0.15, 0.2) is 0 Å². The number of carbonyl (C=O) groups is 1. The topological polar surface area (TPSA) is 45.2 Å². The van der Waals surface area contributed by atoms with E-state index in [1.165, 1.54) is 18.9 Å². The van der Waals surface area contributed by atoms with E-state index in [1.54, 1.807) is 28.4 Å². The minimum absolute atomic E-state index is 0.100. The summed E-state index contributed by atoms with van der Waals surface area (Å²) in [7, 11) is 0. The van der Waals surface area contributed by atoms with Crippen LogP contribution in [0.15, 0.2) is 52.9 Å². The minimum Gasteiger partial charge on any atom is -0.338 e. The Balaban J connectivity index is 1.16. The van der Waals surface area contributed by atoms with Gasteiger partial charge >= 0.3 is 0 Å². The van der Waals surface area contributed by atoms with Crippen molar-refractivity contribution in [3.8, 4) is 0 Å². The smallest absolute Gasteiger partial charge is 0.254 e. The molecule has 0 spiro atoms. The van der Waals surface area contributed by atoms with Crippen molar-refractivity contribution in [3.63, 3.8) is 0 Å². The summed E-state index contributed by atoms with van der Waals surface area (Å²) >= 11 is 3.06. The van der Waals surface area contributed by atoms with Crippen LogP contribution >= 0.6 is 23.3 Å². The van der Waals surface area contributed by atoms with Gasteiger partial charge in [0.05, 0.1) is 20.6 Å². The van der Waals surface area contributed by atoms with Gasteiger partial charge in [-0.05, 0) is 67.6 Å². The molecule has 1 N–H and O–H groups in total. The lowest BCUT2D eigenvalue weighted by molar-refractivity contribution is 0.00167. The van der Waals surface area contributed by atoms with E-state index in [4.69, 9.17) is 0 Å². The van der Waals surface area contributed by atoms with Gasteiger partial charge in [0.2, 0.25) is 0 Å². The number of aromatic nitrogens is 1. The summed E-state index contributed by atoms with van der Waals surface area (Å²) in [4.78, 5) is 19.9. The molecule has 9 heteroatoms. The number of hydrogen-bond acceptors (Lipinski definition) is 5. The van der Waals surface area contributed by atoms with E-state index in [0.717, 1.165) is 20.8 Å². The number of amides is 1. The largest absolute Gasteiger partial charge is 0.338 e. The van der Waals surface area contributed by atoms with Crippen LogP contribution in [0.1, 0.15) is 43.0 Å². The second-order valence-corrected chi connectivity index (χ2v) is 11.0. The van der Waals surface area contributed by atoms with Crippen molar-refractivity contribution >= 4 is 45.1 Å². The van der Waals surface area contributed by atoms with Crippen molar-refractivity contribution in [1.29, 1.82) is 0 Å². The molecule has 5 rings (SSSR count). The highest BCUT2D eigenvalue weighted by molar-refractivity contribution is 8.00. The van der Waals surface area contributed by atoms with E-state index in [2.05, 4.69) is 9.71 Å². The van der Waals surface area contributed by atoms with Crippen LogP contribution in [0.5, 0.6) is 0 Å². The molecular weight excluding hydrogens is 467 g/mol. The van der Waals surface area contributed by atoms with E-state index in [9.17, 15) is 13.6 Å². The number of para-hydroxylation sites is 1. The number of nitrogens with one attached hydrogen (secondary N) is 1. The molecule has 0 radical (unpaired) electrons. The number of carbonyl (C=O) groups excluding carboxylic acids is 1. The first-order valence-corrected chi connectivity index (χ1v) is 12.6. The Morgan fingerprint density at radius 3 is 2.52 bits per heavy atom. The lowest BCUT2D eigenvalue weighted by Gasteiger charge is -2.38. The van der Waals surface area contributed by atoms with Crippen LogP contribution in [-0.2, 0) is 0 Å². The number of alkyl halides is 3. The van der Waals surface area contributed by atoms with Crippen LogP contribution in [0.3, 0.4) is 0 Å². The molecule has 1 aliphatic heterocycles. The third-order valence-corrected chi connectivity index (χ3v) is 8.44. The van der Waals surface area contributed by atoms with Gasteiger partial charge in [-0.15, -0.1) is 11.3 Å². The van der Waals surface area contributed by atoms with Crippen molar-refractivity contribution in [2.45, 2.75) is 49.1 Å². The van der Waals surface area contributed by atoms with Gasteiger partial charge in [0.25, 0.3) is 11.8 Å². The van der Waals surface area contributed by atoms with Crippen LogP contribution in [0.2, 0.25) is 0 Å². The number of thiazole rings is 1. The lowest BCUT2D eigenvalue weighted by Crippen LogP contribution is -2.45. The molecule has 4 nitrogen and oxygen atoms in total. The summed E-state index contributed by atoms with van der Waals surface area (Å²) in [6, 6.07) is 13.2. The number of benzene rings is 2. The molecule has 174 valence electrons. The van der Waals surface area contributed by atoms with E-state index >= 15 is 4.39 Å². The number of likely N-dealkylation sites (tertiary alicyclic amines) is 1. The SMILES string of the molecule is CC1(CC2(F)CCN(C(=O)c3ccc(NSc4cccc5scnc45)cc3)CC2)CC1(F)F. The molecule has 2 heterocycles. The molecule has 0 bridgehead atoms. The van der Waals surface area contributed by atoms with Gasteiger partial charge in [0, 0.05) is 36.2 Å². The first-order chi connectivity index (χ1) is 15.7. The Morgan fingerprint density at radius 2 is 1.85 bits per heavy atom. The van der Waals surface area contributed by atoms with E-state index in [0.29, 0.717) is 5.56 Å². The number of hydrogen-bond donors (Lipinski definition) is 1. The van der Waals surface area contributed by atoms with Crippen LogP contribution in [-0.4, -0.2) is 40.5 Å². The maximum absolute atomic E-state index is 15.2. The molecule has 1 aromatic heterocycles. The summed E-state index contributed by atoms with van der Waals surface area (Å²) in [5, 5.41) is 0. The van der Waals surface area contributed by atoms with Crippen molar-refractivity contribution < 1.29 is 18.0 Å². The fourth-order valence-electron chi connectivity index (χ4n) is 4.54. The number of nitrogens with zero attached hydrogens (tertiary/aromatic N) is 2. The Morgan fingerprint density at radius 1 is 1.15 bits per heavy atom. The maximum Gasteiger partial charge on any atom is 0.254 e. The third-order valence-electron chi connectivity index (χ3n) is 6.76. The first kappa shape index (κ1) is 22.5. The first-order valence-electron chi connectivity index (χ1n) is 10.9. The summed E-state index contributed by atoms with van der Waals surface area (Å²) < 4.78 is 46.6. The fourth-order valence-corrected chi connectivity index (χ4v) is 6.08.